The lowest BCUT2D eigenvalue weighted by molar-refractivity contribution is -0.118. The van der Waals surface area contributed by atoms with Crippen LogP contribution in [0.5, 0.6) is 5.75 Å². The van der Waals surface area contributed by atoms with Crippen LogP contribution in [-0.2, 0) is 9.59 Å². The van der Waals surface area contributed by atoms with E-state index in [1.54, 1.807) is 24.3 Å². The van der Waals surface area contributed by atoms with E-state index in [9.17, 15) is 9.59 Å². The number of amides is 2. The largest absolute Gasteiger partial charge is 0.493 e. The fourth-order valence-electron chi connectivity index (χ4n) is 1.51. The number of anilines is 1. The van der Waals surface area contributed by atoms with Crippen molar-refractivity contribution >= 4 is 17.5 Å². The van der Waals surface area contributed by atoms with Crippen molar-refractivity contribution in [2.24, 2.45) is 5.73 Å². The zero-order valence-corrected chi connectivity index (χ0v) is 11.6. The highest BCUT2D eigenvalue weighted by atomic mass is 16.5. The van der Waals surface area contributed by atoms with E-state index in [2.05, 4.69) is 10.6 Å². The lowest BCUT2D eigenvalue weighted by Gasteiger charge is -2.08. The van der Waals surface area contributed by atoms with E-state index in [4.69, 9.17) is 10.5 Å². The predicted octanol–water partition coefficient (Wildman–Crippen LogP) is 0.879. The molecule has 20 heavy (non-hydrogen) atoms. The second-order valence-electron chi connectivity index (χ2n) is 4.24. The number of carbonyl (C=O) groups is 2. The summed E-state index contributed by atoms with van der Waals surface area (Å²) in [5, 5.41) is 5.88. The summed E-state index contributed by atoms with van der Waals surface area (Å²) in [6.45, 7) is 3.76. The molecule has 0 aliphatic carbocycles. The van der Waals surface area contributed by atoms with Gasteiger partial charge >= 0.3 is 0 Å². The SMILES string of the molecule is CCNCCC(=O)Nc1ccc(OCCC(N)=O)cc1. The molecule has 110 valence electrons. The topological polar surface area (TPSA) is 93.4 Å². The van der Waals surface area contributed by atoms with Crippen LogP contribution >= 0.6 is 0 Å². The van der Waals surface area contributed by atoms with Gasteiger partial charge in [-0.15, -0.1) is 0 Å². The molecule has 6 nitrogen and oxygen atoms in total. The highest BCUT2D eigenvalue weighted by molar-refractivity contribution is 5.90. The smallest absolute Gasteiger partial charge is 0.225 e. The summed E-state index contributed by atoms with van der Waals surface area (Å²) in [5.41, 5.74) is 5.73. The molecular formula is C14H21N3O3. The minimum absolute atomic E-state index is 0.0339. The lowest BCUT2D eigenvalue weighted by atomic mass is 10.3. The van der Waals surface area contributed by atoms with E-state index in [0.29, 0.717) is 24.4 Å². The molecule has 0 radical (unpaired) electrons. The van der Waals surface area contributed by atoms with E-state index in [1.807, 2.05) is 6.92 Å². The molecule has 0 aliphatic heterocycles. The Morgan fingerprint density at radius 2 is 1.90 bits per heavy atom. The second kappa shape index (κ2) is 8.92. The van der Waals surface area contributed by atoms with Gasteiger partial charge in [0, 0.05) is 18.7 Å². The van der Waals surface area contributed by atoms with Crippen molar-refractivity contribution in [1.82, 2.24) is 5.32 Å². The molecule has 0 aliphatic rings. The molecule has 1 aromatic rings. The first-order chi connectivity index (χ1) is 9.61. The molecule has 0 spiro atoms. The van der Waals surface area contributed by atoms with Gasteiger partial charge in [-0.2, -0.15) is 0 Å². The summed E-state index contributed by atoms with van der Waals surface area (Å²) in [6, 6.07) is 6.98. The van der Waals surface area contributed by atoms with Crippen molar-refractivity contribution in [3.8, 4) is 5.75 Å². The second-order valence-corrected chi connectivity index (χ2v) is 4.24. The van der Waals surface area contributed by atoms with Crippen LogP contribution in [0.15, 0.2) is 24.3 Å². The van der Waals surface area contributed by atoms with Crippen LogP contribution in [0.4, 0.5) is 5.69 Å². The minimum atomic E-state index is -0.394. The summed E-state index contributed by atoms with van der Waals surface area (Å²) in [4.78, 5) is 22.1. The van der Waals surface area contributed by atoms with Crippen LogP contribution in [0.25, 0.3) is 0 Å². The highest BCUT2D eigenvalue weighted by Gasteiger charge is 2.02. The van der Waals surface area contributed by atoms with E-state index < -0.39 is 5.91 Å². The molecular weight excluding hydrogens is 258 g/mol. The Kier molecular flexibility index (Phi) is 7.13. The minimum Gasteiger partial charge on any atom is -0.493 e. The molecule has 0 saturated carbocycles. The summed E-state index contributed by atoms with van der Waals surface area (Å²) in [7, 11) is 0. The Balaban J connectivity index is 2.34. The van der Waals surface area contributed by atoms with E-state index in [1.165, 1.54) is 0 Å². The number of hydrogen-bond donors (Lipinski definition) is 3. The molecule has 0 fully saturated rings. The molecule has 4 N–H and O–H groups in total. The first kappa shape index (κ1) is 16.0. The van der Waals surface area contributed by atoms with Crippen LogP contribution in [0, 0.1) is 0 Å². The van der Waals surface area contributed by atoms with Gasteiger partial charge in [0.05, 0.1) is 13.0 Å². The van der Waals surface area contributed by atoms with Gasteiger partial charge in [-0.1, -0.05) is 6.92 Å². The van der Waals surface area contributed by atoms with E-state index >= 15 is 0 Å². The van der Waals surface area contributed by atoms with Gasteiger partial charge in [-0.25, -0.2) is 0 Å². The first-order valence-corrected chi connectivity index (χ1v) is 6.63. The van der Waals surface area contributed by atoms with E-state index in [0.717, 1.165) is 6.54 Å². The van der Waals surface area contributed by atoms with Crippen molar-refractivity contribution in [2.45, 2.75) is 19.8 Å². The number of carbonyl (C=O) groups excluding carboxylic acids is 2. The van der Waals surface area contributed by atoms with Crippen LogP contribution in [0.3, 0.4) is 0 Å². The molecule has 2 amide bonds. The van der Waals surface area contributed by atoms with Crippen molar-refractivity contribution in [3.05, 3.63) is 24.3 Å². The third kappa shape index (κ3) is 6.75. The Hall–Kier alpha value is -2.08. The third-order valence-electron chi connectivity index (χ3n) is 2.53. The zero-order chi connectivity index (χ0) is 14.8. The summed E-state index contributed by atoms with van der Waals surface area (Å²) < 4.78 is 5.33. The zero-order valence-electron chi connectivity index (χ0n) is 11.6. The number of primary amides is 1. The molecule has 0 saturated heterocycles. The van der Waals surface area contributed by atoms with Gasteiger partial charge in [0.2, 0.25) is 11.8 Å². The highest BCUT2D eigenvalue weighted by Crippen LogP contribution is 2.15. The quantitative estimate of drug-likeness (QED) is 0.585. The number of nitrogens with two attached hydrogens (primary N) is 1. The maximum absolute atomic E-state index is 11.6. The lowest BCUT2D eigenvalue weighted by Crippen LogP contribution is -2.21. The molecule has 1 rings (SSSR count). The molecule has 6 heteroatoms. The van der Waals surface area contributed by atoms with Gasteiger partial charge in [0.15, 0.2) is 0 Å². The standard InChI is InChI=1S/C14H21N3O3/c1-2-16-9-7-14(19)17-11-3-5-12(6-4-11)20-10-8-13(15)18/h3-6,16H,2,7-10H2,1H3,(H2,15,18)(H,17,19). The Morgan fingerprint density at radius 1 is 1.20 bits per heavy atom. The molecule has 0 heterocycles. The fourth-order valence-corrected chi connectivity index (χ4v) is 1.51. The molecule has 0 bridgehead atoms. The van der Waals surface area contributed by atoms with Crippen LogP contribution in [0.1, 0.15) is 19.8 Å². The maximum Gasteiger partial charge on any atom is 0.225 e. The summed E-state index contributed by atoms with van der Waals surface area (Å²) >= 11 is 0. The average Bonchev–Trinajstić information content (AvgIpc) is 2.41. The monoisotopic (exact) mass is 279 g/mol. The van der Waals surface area contributed by atoms with Crippen molar-refractivity contribution < 1.29 is 14.3 Å². The average molecular weight is 279 g/mol. The van der Waals surface area contributed by atoms with Gasteiger partial charge < -0.3 is 21.1 Å². The van der Waals surface area contributed by atoms with Crippen molar-refractivity contribution in [2.75, 3.05) is 25.0 Å². The van der Waals surface area contributed by atoms with Gasteiger partial charge in [-0.3, -0.25) is 9.59 Å². The van der Waals surface area contributed by atoms with Gasteiger partial charge in [0.1, 0.15) is 5.75 Å². The molecule has 0 unspecified atom stereocenters. The Labute approximate surface area is 118 Å². The van der Waals surface area contributed by atoms with Crippen LogP contribution < -0.4 is 21.1 Å². The van der Waals surface area contributed by atoms with Crippen molar-refractivity contribution in [1.29, 1.82) is 0 Å². The third-order valence-corrected chi connectivity index (χ3v) is 2.53. The Bertz CT molecular complexity index is 432. The predicted molar refractivity (Wildman–Crippen MR) is 77.5 cm³/mol. The van der Waals surface area contributed by atoms with Gasteiger partial charge in [-0.05, 0) is 30.8 Å². The van der Waals surface area contributed by atoms with Crippen LogP contribution in [-0.4, -0.2) is 31.5 Å². The summed E-state index contributed by atoms with van der Waals surface area (Å²) in [6.07, 6.45) is 0.619. The fraction of sp³-hybridized carbons (Fsp3) is 0.429. The number of nitrogens with one attached hydrogen (secondary N) is 2. The maximum atomic E-state index is 11.6. The van der Waals surface area contributed by atoms with Crippen molar-refractivity contribution in [3.63, 3.8) is 0 Å². The summed E-state index contributed by atoms with van der Waals surface area (Å²) in [5.74, 6) is 0.208. The first-order valence-electron chi connectivity index (χ1n) is 6.63. The number of rotatable bonds is 9. The molecule has 1 aromatic carbocycles. The normalized spacial score (nSPS) is 10.1. The Morgan fingerprint density at radius 3 is 2.50 bits per heavy atom. The number of hydrogen-bond acceptors (Lipinski definition) is 4. The number of ether oxygens (including phenoxy) is 1. The number of benzene rings is 1. The molecule has 0 atom stereocenters. The van der Waals surface area contributed by atoms with Gasteiger partial charge in [0.25, 0.3) is 0 Å². The molecule has 0 aromatic heterocycles. The van der Waals surface area contributed by atoms with Crippen LogP contribution in [0.2, 0.25) is 0 Å². The van der Waals surface area contributed by atoms with E-state index in [-0.39, 0.29) is 18.9 Å².